The molecule has 1 amide bonds. The van der Waals surface area contributed by atoms with Crippen LogP contribution in [0.5, 0.6) is 0 Å². The Hall–Kier alpha value is -1.64. The molecule has 3 heteroatoms. The van der Waals surface area contributed by atoms with E-state index in [0.717, 1.165) is 12.8 Å². The van der Waals surface area contributed by atoms with Crippen molar-refractivity contribution < 1.29 is 9.18 Å². The second-order valence-electron chi connectivity index (χ2n) is 4.65. The van der Waals surface area contributed by atoms with E-state index in [-0.39, 0.29) is 6.04 Å². The van der Waals surface area contributed by atoms with Crippen molar-refractivity contribution in [3.8, 4) is 0 Å². The third-order valence-electron chi connectivity index (χ3n) is 3.27. The molecule has 1 aromatic carbocycles. The number of carbonyl (C=O) groups is 1. The summed E-state index contributed by atoms with van der Waals surface area (Å²) in [5.41, 5.74) is 2.53. The molecule has 1 aliphatic rings. The number of carbonyl (C=O) groups excluding carboxylic acids is 1. The molecule has 0 spiro atoms. The Morgan fingerprint density at radius 1 is 1.35 bits per heavy atom. The minimum atomic E-state index is -0.913. The zero-order valence-corrected chi connectivity index (χ0v) is 9.87. The largest absolute Gasteiger partial charge is 0.347 e. The standard InChI is InChI=1S/C14H16FNO/c1-9-3-5-11(6-4-9)12-7-13(8-12)16-14(17)10(2)15/h3-6,12-13H,2,7-8H2,1H3,(H,16,17). The monoisotopic (exact) mass is 233 g/mol. The van der Waals surface area contributed by atoms with Gasteiger partial charge < -0.3 is 5.32 Å². The van der Waals surface area contributed by atoms with Crippen molar-refractivity contribution in [2.24, 2.45) is 0 Å². The van der Waals surface area contributed by atoms with E-state index in [1.165, 1.54) is 11.1 Å². The van der Waals surface area contributed by atoms with Gasteiger partial charge in [-0.05, 0) is 31.2 Å². The summed E-state index contributed by atoms with van der Waals surface area (Å²) in [6.45, 7) is 5.03. The average Bonchev–Trinajstić information content (AvgIpc) is 2.24. The first kappa shape index (κ1) is 11.8. The van der Waals surface area contributed by atoms with Gasteiger partial charge in [0.2, 0.25) is 0 Å². The fourth-order valence-electron chi connectivity index (χ4n) is 2.11. The summed E-state index contributed by atoms with van der Waals surface area (Å²) < 4.78 is 12.5. The molecule has 1 saturated carbocycles. The van der Waals surface area contributed by atoms with Crippen LogP contribution in [0.25, 0.3) is 0 Å². The lowest BCUT2D eigenvalue weighted by molar-refractivity contribution is -0.120. The lowest BCUT2D eigenvalue weighted by atomic mass is 9.76. The van der Waals surface area contributed by atoms with E-state index in [4.69, 9.17) is 0 Å². The molecule has 0 radical (unpaired) electrons. The van der Waals surface area contributed by atoms with Crippen LogP contribution in [0.3, 0.4) is 0 Å². The molecular weight excluding hydrogens is 217 g/mol. The number of amides is 1. The highest BCUT2D eigenvalue weighted by Gasteiger charge is 2.31. The molecule has 2 rings (SSSR count). The van der Waals surface area contributed by atoms with Crippen LogP contribution in [0.4, 0.5) is 4.39 Å². The number of aryl methyl sites for hydroxylation is 1. The van der Waals surface area contributed by atoms with E-state index in [0.29, 0.717) is 5.92 Å². The molecule has 0 bridgehead atoms. The van der Waals surface area contributed by atoms with Gasteiger partial charge in [0.25, 0.3) is 5.91 Å². The summed E-state index contributed by atoms with van der Waals surface area (Å²) >= 11 is 0. The van der Waals surface area contributed by atoms with Gasteiger partial charge in [-0.2, -0.15) is 0 Å². The molecule has 2 nitrogen and oxygen atoms in total. The first-order valence-electron chi connectivity index (χ1n) is 5.78. The van der Waals surface area contributed by atoms with Crippen LogP contribution in [0, 0.1) is 6.92 Å². The molecule has 0 unspecified atom stereocenters. The SMILES string of the molecule is C=C(F)C(=O)NC1CC(c2ccc(C)cc2)C1. The van der Waals surface area contributed by atoms with Crippen molar-refractivity contribution in [3.63, 3.8) is 0 Å². The van der Waals surface area contributed by atoms with Gasteiger partial charge in [0, 0.05) is 6.04 Å². The summed E-state index contributed by atoms with van der Waals surface area (Å²) in [6, 6.07) is 8.49. The maximum absolute atomic E-state index is 12.5. The van der Waals surface area contributed by atoms with Gasteiger partial charge in [0.05, 0.1) is 0 Å². The summed E-state index contributed by atoms with van der Waals surface area (Å²) in [4.78, 5) is 11.0. The topological polar surface area (TPSA) is 29.1 Å². The fraction of sp³-hybridized carbons (Fsp3) is 0.357. The normalized spacial score (nSPS) is 22.7. The van der Waals surface area contributed by atoms with Crippen LogP contribution in [-0.4, -0.2) is 11.9 Å². The van der Waals surface area contributed by atoms with Crippen molar-refractivity contribution in [1.82, 2.24) is 5.32 Å². The van der Waals surface area contributed by atoms with Gasteiger partial charge >= 0.3 is 0 Å². The second-order valence-corrected chi connectivity index (χ2v) is 4.65. The van der Waals surface area contributed by atoms with Crippen LogP contribution in [0.15, 0.2) is 36.7 Å². The van der Waals surface area contributed by atoms with Crippen molar-refractivity contribution in [2.45, 2.75) is 31.7 Å². The Kier molecular flexibility index (Phi) is 3.27. The Bertz CT molecular complexity index is 432. The molecule has 1 N–H and O–H groups in total. The summed E-state index contributed by atoms with van der Waals surface area (Å²) in [7, 11) is 0. The van der Waals surface area contributed by atoms with E-state index < -0.39 is 11.7 Å². The summed E-state index contributed by atoms with van der Waals surface area (Å²) in [5, 5.41) is 2.61. The molecule has 17 heavy (non-hydrogen) atoms. The first-order chi connectivity index (χ1) is 8.06. The van der Waals surface area contributed by atoms with Crippen molar-refractivity contribution in [2.75, 3.05) is 0 Å². The fourth-order valence-corrected chi connectivity index (χ4v) is 2.11. The highest BCUT2D eigenvalue weighted by molar-refractivity contribution is 5.90. The lowest BCUT2D eigenvalue weighted by Crippen LogP contribution is -2.43. The van der Waals surface area contributed by atoms with Gasteiger partial charge in [-0.15, -0.1) is 0 Å². The van der Waals surface area contributed by atoms with E-state index in [2.05, 4.69) is 43.1 Å². The predicted molar refractivity (Wildman–Crippen MR) is 65.3 cm³/mol. The molecule has 0 heterocycles. The van der Waals surface area contributed by atoms with Gasteiger partial charge in [0.1, 0.15) is 0 Å². The van der Waals surface area contributed by atoms with Gasteiger partial charge in [-0.25, -0.2) is 4.39 Å². The Balaban J connectivity index is 1.85. The number of rotatable bonds is 3. The third kappa shape index (κ3) is 2.73. The third-order valence-corrected chi connectivity index (χ3v) is 3.27. The molecule has 90 valence electrons. The minimum Gasteiger partial charge on any atom is -0.347 e. The van der Waals surface area contributed by atoms with Crippen LogP contribution in [-0.2, 0) is 4.79 Å². The van der Waals surface area contributed by atoms with Crippen LogP contribution in [0.1, 0.15) is 29.9 Å². The van der Waals surface area contributed by atoms with Crippen LogP contribution in [0.2, 0.25) is 0 Å². The number of hydrogen-bond donors (Lipinski definition) is 1. The number of nitrogens with one attached hydrogen (secondary N) is 1. The zero-order chi connectivity index (χ0) is 12.4. The smallest absolute Gasteiger partial charge is 0.279 e. The minimum absolute atomic E-state index is 0.0845. The number of halogens is 1. The van der Waals surface area contributed by atoms with E-state index in [1.54, 1.807) is 0 Å². The van der Waals surface area contributed by atoms with E-state index in [1.807, 2.05) is 0 Å². The van der Waals surface area contributed by atoms with Gasteiger partial charge in [0.15, 0.2) is 5.83 Å². The quantitative estimate of drug-likeness (QED) is 0.799. The summed E-state index contributed by atoms with van der Waals surface area (Å²) in [5.74, 6) is -1.12. The predicted octanol–water partition coefficient (Wildman–Crippen LogP) is 2.84. The number of hydrogen-bond acceptors (Lipinski definition) is 1. The summed E-state index contributed by atoms with van der Waals surface area (Å²) in [6.07, 6.45) is 1.75. The number of benzene rings is 1. The maximum atomic E-state index is 12.5. The van der Waals surface area contributed by atoms with Crippen LogP contribution >= 0.6 is 0 Å². The zero-order valence-electron chi connectivity index (χ0n) is 9.87. The van der Waals surface area contributed by atoms with Crippen molar-refractivity contribution >= 4 is 5.91 Å². The first-order valence-corrected chi connectivity index (χ1v) is 5.78. The lowest BCUT2D eigenvalue weighted by Gasteiger charge is -2.36. The van der Waals surface area contributed by atoms with Crippen molar-refractivity contribution in [3.05, 3.63) is 47.8 Å². The molecule has 0 aliphatic heterocycles. The van der Waals surface area contributed by atoms with E-state index in [9.17, 15) is 9.18 Å². The van der Waals surface area contributed by atoms with E-state index >= 15 is 0 Å². The molecule has 1 aromatic rings. The molecular formula is C14H16FNO. The highest BCUT2D eigenvalue weighted by Crippen LogP contribution is 2.36. The highest BCUT2D eigenvalue weighted by atomic mass is 19.1. The van der Waals surface area contributed by atoms with Gasteiger partial charge in [-0.1, -0.05) is 36.4 Å². The molecule has 1 fully saturated rings. The molecule has 1 aliphatic carbocycles. The molecule has 0 aromatic heterocycles. The molecule has 0 saturated heterocycles. The average molecular weight is 233 g/mol. The van der Waals surface area contributed by atoms with Gasteiger partial charge in [-0.3, -0.25) is 4.79 Å². The van der Waals surface area contributed by atoms with Crippen molar-refractivity contribution in [1.29, 1.82) is 0 Å². The van der Waals surface area contributed by atoms with Crippen LogP contribution < -0.4 is 5.32 Å². The Morgan fingerprint density at radius 3 is 2.47 bits per heavy atom. The Morgan fingerprint density at radius 2 is 1.94 bits per heavy atom. The second kappa shape index (κ2) is 4.70. The molecule has 0 atom stereocenters. The maximum Gasteiger partial charge on any atom is 0.279 e. The Labute approximate surface area is 101 Å².